The van der Waals surface area contributed by atoms with Crippen molar-refractivity contribution in [3.05, 3.63) is 70.2 Å². The summed E-state index contributed by atoms with van der Waals surface area (Å²) in [6.07, 6.45) is 3.58. The predicted octanol–water partition coefficient (Wildman–Crippen LogP) is 3.83. The number of hydrogen-bond donors (Lipinski definition) is 3. The van der Waals surface area contributed by atoms with Crippen LogP contribution < -0.4 is 0 Å². The number of nitriles is 1. The molecule has 13 heteroatoms. The molecule has 0 saturated carbocycles. The molecule has 3 N–H and O–H groups in total. The lowest BCUT2D eigenvalue weighted by atomic mass is 9.74. The molecule has 0 unspecified atom stereocenters. The van der Waals surface area contributed by atoms with Crippen molar-refractivity contribution in [1.82, 2.24) is 9.80 Å². The molecule has 0 atom stereocenters. The van der Waals surface area contributed by atoms with Crippen molar-refractivity contribution in [2.45, 2.75) is 49.5 Å². The molecule has 2 heterocycles. The summed E-state index contributed by atoms with van der Waals surface area (Å²) in [5, 5.41) is 20.3. The fourth-order valence-electron chi connectivity index (χ4n) is 5.52. The van der Waals surface area contributed by atoms with E-state index >= 15 is 0 Å². The average Bonchev–Trinajstić information content (AvgIpc) is 2.94. The summed E-state index contributed by atoms with van der Waals surface area (Å²) in [7, 11) is -7.75. The molecule has 0 bridgehead atoms. The first-order chi connectivity index (χ1) is 19.7. The van der Waals surface area contributed by atoms with Gasteiger partial charge < -0.3 is 14.9 Å². The van der Waals surface area contributed by atoms with Crippen molar-refractivity contribution < 1.29 is 31.0 Å². The molecule has 10 nitrogen and oxygen atoms in total. The van der Waals surface area contributed by atoms with E-state index in [9.17, 15) is 27.2 Å². The molecule has 0 aromatic heterocycles. The second kappa shape index (κ2) is 15.2. The molecule has 0 spiro atoms. The Morgan fingerprint density at radius 3 is 1.62 bits per heavy atom. The lowest BCUT2D eigenvalue weighted by Crippen LogP contribution is -2.43. The summed E-state index contributed by atoms with van der Waals surface area (Å²) in [4.78, 5) is 4.28. The Morgan fingerprint density at radius 2 is 1.19 bits per heavy atom. The van der Waals surface area contributed by atoms with Gasteiger partial charge in [0, 0.05) is 17.6 Å². The van der Waals surface area contributed by atoms with Gasteiger partial charge in [-0.3, -0.25) is 9.11 Å². The quantitative estimate of drug-likeness (QED) is 0.314. The third kappa shape index (κ3) is 11.0. The van der Waals surface area contributed by atoms with E-state index < -0.39 is 31.3 Å². The second-order valence-electron chi connectivity index (χ2n) is 11.1. The van der Waals surface area contributed by atoms with Gasteiger partial charge in [-0.15, -0.1) is 0 Å². The van der Waals surface area contributed by atoms with Crippen LogP contribution in [0.1, 0.15) is 49.7 Å². The van der Waals surface area contributed by atoms with Gasteiger partial charge in [0.1, 0.15) is 0 Å². The van der Waals surface area contributed by atoms with Crippen LogP contribution in [-0.2, 0) is 31.3 Å². The smallest absolute Gasteiger partial charge is 0.264 e. The maximum absolute atomic E-state index is 10.7. The Labute approximate surface area is 258 Å². The van der Waals surface area contributed by atoms with Crippen molar-refractivity contribution in [2.75, 3.05) is 50.8 Å². The Morgan fingerprint density at radius 1 is 0.738 bits per heavy atom. The number of piperidine rings is 2. The second-order valence-corrected chi connectivity index (χ2v) is 15.1. The highest BCUT2D eigenvalue weighted by atomic mass is 79.9. The van der Waals surface area contributed by atoms with Crippen LogP contribution in [0.5, 0.6) is 0 Å². The van der Waals surface area contributed by atoms with Gasteiger partial charge in [0.15, 0.2) is 0 Å². The minimum atomic E-state index is -3.88. The standard InChI is InChI=1S/C15H20N2O3S.C14H20BrNO4S/c16-13-15(14-5-2-1-3-6-14)7-10-17(11-8-15)9-4-12-21(18,19)20;15-13-4-2-12(3-5-13)14(17)6-9-16(10-7-14)8-1-11-21(18,19)20/h1-3,5-6H,4,7-12H2,(H,18,19,20);2-5,17H,1,6-11H2,(H,18,19,20). The van der Waals surface area contributed by atoms with E-state index in [4.69, 9.17) is 9.11 Å². The lowest BCUT2D eigenvalue weighted by molar-refractivity contribution is -0.0257. The van der Waals surface area contributed by atoms with Gasteiger partial charge in [-0.2, -0.15) is 22.1 Å². The summed E-state index contributed by atoms with van der Waals surface area (Å²) < 4.78 is 61.2. The lowest BCUT2D eigenvalue weighted by Gasteiger charge is -2.38. The van der Waals surface area contributed by atoms with Gasteiger partial charge in [0.25, 0.3) is 20.2 Å². The van der Waals surface area contributed by atoms with Gasteiger partial charge in [0.2, 0.25) is 0 Å². The largest absolute Gasteiger partial charge is 0.385 e. The predicted molar refractivity (Wildman–Crippen MR) is 165 cm³/mol. The fraction of sp³-hybridized carbons (Fsp3) is 0.552. The molecular formula is C29H40BrN3O7S2. The van der Waals surface area contributed by atoms with Crippen molar-refractivity contribution in [3.63, 3.8) is 0 Å². The third-order valence-corrected chi connectivity index (χ3v) is 10.2. The fourth-order valence-corrected chi connectivity index (χ4v) is 6.77. The van der Waals surface area contributed by atoms with Crippen LogP contribution in [0.4, 0.5) is 0 Å². The maximum atomic E-state index is 10.7. The van der Waals surface area contributed by atoms with E-state index in [0.29, 0.717) is 38.8 Å². The Bertz CT molecular complexity index is 1380. The number of aliphatic hydroxyl groups is 1. The first-order valence-electron chi connectivity index (χ1n) is 14.0. The van der Waals surface area contributed by atoms with Crippen LogP contribution in [-0.4, -0.2) is 91.6 Å². The van der Waals surface area contributed by atoms with E-state index in [0.717, 1.165) is 54.6 Å². The van der Waals surface area contributed by atoms with Crippen LogP contribution in [0, 0.1) is 11.3 Å². The van der Waals surface area contributed by atoms with Crippen molar-refractivity contribution >= 4 is 36.2 Å². The molecule has 2 saturated heterocycles. The third-order valence-electron chi connectivity index (χ3n) is 8.07. The zero-order valence-electron chi connectivity index (χ0n) is 23.6. The molecule has 0 radical (unpaired) electrons. The topological polar surface area (TPSA) is 159 Å². The number of hydrogen-bond acceptors (Lipinski definition) is 8. The van der Waals surface area contributed by atoms with Gasteiger partial charge in [0.05, 0.1) is 28.6 Å². The molecule has 2 fully saturated rings. The number of likely N-dealkylation sites (tertiary alicyclic amines) is 2. The first-order valence-corrected chi connectivity index (χ1v) is 18.1. The van der Waals surface area contributed by atoms with Gasteiger partial charge >= 0.3 is 0 Å². The molecule has 2 aliphatic heterocycles. The van der Waals surface area contributed by atoms with Crippen LogP contribution >= 0.6 is 15.9 Å². The summed E-state index contributed by atoms with van der Waals surface area (Å²) in [6, 6.07) is 20.0. The van der Waals surface area contributed by atoms with E-state index in [1.807, 2.05) is 54.6 Å². The summed E-state index contributed by atoms with van der Waals surface area (Å²) in [5.74, 6) is -0.411. The van der Waals surface area contributed by atoms with Crippen LogP contribution in [0.25, 0.3) is 0 Å². The SMILES string of the molecule is N#CC1(c2ccccc2)CCN(CCCS(=O)(=O)O)CC1.O=S(=O)(O)CCCN1CCC(O)(c2ccc(Br)cc2)CC1. The van der Waals surface area contributed by atoms with Gasteiger partial charge in [-0.1, -0.05) is 58.4 Å². The minimum Gasteiger partial charge on any atom is -0.385 e. The van der Waals surface area contributed by atoms with Crippen molar-refractivity contribution in [3.8, 4) is 6.07 Å². The average molecular weight is 687 g/mol. The molecule has 0 aliphatic carbocycles. The molecular weight excluding hydrogens is 646 g/mol. The zero-order valence-corrected chi connectivity index (χ0v) is 26.8. The van der Waals surface area contributed by atoms with E-state index in [2.05, 4.69) is 31.8 Å². The molecule has 232 valence electrons. The molecule has 0 amide bonds. The first kappa shape index (κ1) is 34.6. The van der Waals surface area contributed by atoms with Crippen molar-refractivity contribution in [2.24, 2.45) is 0 Å². The molecule has 4 rings (SSSR count). The van der Waals surface area contributed by atoms with E-state index in [1.165, 1.54) is 0 Å². The van der Waals surface area contributed by atoms with Gasteiger partial charge in [-0.05, 0) is 88.0 Å². The highest BCUT2D eigenvalue weighted by Crippen LogP contribution is 2.35. The maximum Gasteiger partial charge on any atom is 0.264 e. The Hall–Kier alpha value is -1.89. The van der Waals surface area contributed by atoms with Crippen LogP contribution in [0.3, 0.4) is 0 Å². The summed E-state index contributed by atoms with van der Waals surface area (Å²) in [6.45, 7) is 4.24. The Kier molecular flexibility index (Phi) is 12.5. The monoisotopic (exact) mass is 685 g/mol. The minimum absolute atomic E-state index is 0.203. The molecule has 2 aliphatic rings. The molecule has 2 aromatic carbocycles. The molecule has 42 heavy (non-hydrogen) atoms. The Balaban J connectivity index is 0.000000230. The summed E-state index contributed by atoms with van der Waals surface area (Å²) in [5.41, 5.74) is 0.745. The number of nitrogens with zero attached hydrogens (tertiary/aromatic N) is 3. The highest BCUT2D eigenvalue weighted by Gasteiger charge is 2.36. The highest BCUT2D eigenvalue weighted by molar-refractivity contribution is 9.10. The summed E-state index contributed by atoms with van der Waals surface area (Å²) >= 11 is 3.38. The zero-order chi connectivity index (χ0) is 30.9. The normalized spacial score (nSPS) is 19.3. The number of rotatable bonds is 10. The molecule has 2 aromatic rings. The van der Waals surface area contributed by atoms with E-state index in [-0.39, 0.29) is 11.5 Å². The number of halogens is 1. The van der Waals surface area contributed by atoms with Crippen LogP contribution in [0.15, 0.2) is 59.1 Å². The van der Waals surface area contributed by atoms with E-state index in [1.54, 1.807) is 0 Å². The number of benzene rings is 2. The van der Waals surface area contributed by atoms with Gasteiger partial charge in [-0.25, -0.2) is 0 Å². The van der Waals surface area contributed by atoms with Crippen LogP contribution in [0.2, 0.25) is 0 Å². The van der Waals surface area contributed by atoms with Crippen molar-refractivity contribution in [1.29, 1.82) is 5.26 Å².